The van der Waals surface area contributed by atoms with Crippen molar-refractivity contribution in [3.05, 3.63) is 29.6 Å². The van der Waals surface area contributed by atoms with Gasteiger partial charge in [0.2, 0.25) is 0 Å². The van der Waals surface area contributed by atoms with Crippen molar-refractivity contribution in [1.29, 1.82) is 0 Å². The fraction of sp³-hybridized carbons (Fsp3) is 0.500. The molecular weight excluding hydrogens is 191 g/mol. The molecule has 0 spiro atoms. The van der Waals surface area contributed by atoms with Crippen LogP contribution in [0.2, 0.25) is 0 Å². The summed E-state index contributed by atoms with van der Waals surface area (Å²) in [6, 6.07) is 1.12. The van der Waals surface area contributed by atoms with Gasteiger partial charge in [0.25, 0.3) is 0 Å². The first-order valence-corrected chi connectivity index (χ1v) is 4.55. The van der Waals surface area contributed by atoms with Gasteiger partial charge in [-0.2, -0.15) is 13.2 Å². The van der Waals surface area contributed by atoms with Gasteiger partial charge in [0.05, 0.1) is 5.56 Å². The second-order valence-electron chi connectivity index (χ2n) is 2.43. The van der Waals surface area contributed by atoms with Gasteiger partial charge in [-0.05, 0) is 18.1 Å². The largest absolute Gasteiger partial charge is 0.417 e. The van der Waals surface area contributed by atoms with Crippen molar-refractivity contribution in [2.24, 2.45) is 0 Å². The molecule has 80 valence electrons. The number of aryl methyl sites for hydroxylation is 1. The number of aromatic nitrogens is 1. The molecule has 0 aromatic carbocycles. The van der Waals surface area contributed by atoms with E-state index >= 15 is 0 Å². The van der Waals surface area contributed by atoms with Crippen molar-refractivity contribution in [3.63, 3.8) is 0 Å². The Balaban J connectivity index is 0.000000791. The van der Waals surface area contributed by atoms with Crippen LogP contribution in [0.1, 0.15) is 31.9 Å². The minimum atomic E-state index is -4.28. The maximum Gasteiger partial charge on any atom is 0.417 e. The average molecular weight is 205 g/mol. The quantitative estimate of drug-likeness (QED) is 0.681. The van der Waals surface area contributed by atoms with Crippen LogP contribution in [0.15, 0.2) is 18.5 Å². The highest BCUT2D eigenvalue weighted by atomic mass is 19.4. The molecule has 0 saturated heterocycles. The summed E-state index contributed by atoms with van der Waals surface area (Å²) in [6.07, 6.45) is -1.44. The Hall–Kier alpha value is -1.06. The molecule has 1 aromatic rings. The number of alkyl halides is 3. The van der Waals surface area contributed by atoms with Crippen LogP contribution in [0.3, 0.4) is 0 Å². The number of hydrogen-bond acceptors (Lipinski definition) is 1. The smallest absolute Gasteiger partial charge is 0.264 e. The third-order valence-corrected chi connectivity index (χ3v) is 1.53. The Labute approximate surface area is 82.0 Å². The van der Waals surface area contributed by atoms with Gasteiger partial charge in [0.1, 0.15) is 0 Å². The number of pyridine rings is 1. The zero-order valence-corrected chi connectivity index (χ0v) is 8.52. The first-order valence-electron chi connectivity index (χ1n) is 4.55. The summed E-state index contributed by atoms with van der Waals surface area (Å²) in [5.41, 5.74) is -0.0772. The van der Waals surface area contributed by atoms with Crippen molar-refractivity contribution in [3.8, 4) is 0 Å². The number of nitrogens with zero attached hydrogens (tertiary/aromatic N) is 1. The molecule has 0 fully saturated rings. The number of hydrogen-bond donors (Lipinski definition) is 0. The molecule has 0 amide bonds. The average Bonchev–Trinajstić information content (AvgIpc) is 2.20. The van der Waals surface area contributed by atoms with Gasteiger partial charge in [-0.3, -0.25) is 4.98 Å². The van der Waals surface area contributed by atoms with E-state index in [0.717, 1.165) is 12.3 Å². The van der Waals surface area contributed by atoms with Crippen molar-refractivity contribution in [2.45, 2.75) is 33.4 Å². The van der Waals surface area contributed by atoms with Gasteiger partial charge in [0.15, 0.2) is 0 Å². The summed E-state index contributed by atoms with van der Waals surface area (Å²) in [6.45, 7) is 5.79. The Morgan fingerprint density at radius 3 is 2.21 bits per heavy atom. The lowest BCUT2D eigenvalue weighted by atomic mass is 10.1. The van der Waals surface area contributed by atoms with Gasteiger partial charge in [-0.1, -0.05) is 20.8 Å². The van der Waals surface area contributed by atoms with Crippen LogP contribution in [0.4, 0.5) is 13.2 Å². The SMILES string of the molecule is CC.CCc1cncc(C(F)(F)F)c1. The minimum Gasteiger partial charge on any atom is -0.264 e. The fourth-order valence-electron chi connectivity index (χ4n) is 0.836. The highest BCUT2D eigenvalue weighted by molar-refractivity contribution is 5.20. The molecule has 0 aliphatic carbocycles. The zero-order valence-electron chi connectivity index (χ0n) is 8.52. The summed E-state index contributed by atoms with van der Waals surface area (Å²) < 4.78 is 36.2. The van der Waals surface area contributed by atoms with Crippen LogP contribution in [-0.4, -0.2) is 4.98 Å². The van der Waals surface area contributed by atoms with Crippen molar-refractivity contribution < 1.29 is 13.2 Å². The highest BCUT2D eigenvalue weighted by Crippen LogP contribution is 2.28. The Bertz CT molecular complexity index is 268. The first-order chi connectivity index (χ1) is 6.54. The van der Waals surface area contributed by atoms with Gasteiger partial charge >= 0.3 is 6.18 Å². The van der Waals surface area contributed by atoms with E-state index in [1.54, 1.807) is 6.92 Å². The van der Waals surface area contributed by atoms with Gasteiger partial charge in [-0.15, -0.1) is 0 Å². The molecule has 0 bridgehead atoms. The molecule has 0 aliphatic rings. The van der Waals surface area contributed by atoms with E-state index in [1.807, 2.05) is 13.8 Å². The van der Waals surface area contributed by atoms with E-state index in [1.165, 1.54) is 6.20 Å². The molecule has 0 N–H and O–H groups in total. The van der Waals surface area contributed by atoms with Crippen LogP contribution in [-0.2, 0) is 12.6 Å². The Morgan fingerprint density at radius 2 is 1.79 bits per heavy atom. The summed E-state index contributed by atoms with van der Waals surface area (Å²) in [4.78, 5) is 3.50. The molecular formula is C10H14F3N. The molecule has 4 heteroatoms. The van der Waals surface area contributed by atoms with Crippen LogP contribution < -0.4 is 0 Å². The fourth-order valence-corrected chi connectivity index (χ4v) is 0.836. The van der Waals surface area contributed by atoms with Crippen LogP contribution in [0.5, 0.6) is 0 Å². The van der Waals surface area contributed by atoms with Gasteiger partial charge < -0.3 is 0 Å². The van der Waals surface area contributed by atoms with Gasteiger partial charge in [-0.25, -0.2) is 0 Å². The van der Waals surface area contributed by atoms with Gasteiger partial charge in [0, 0.05) is 12.4 Å². The molecule has 1 aromatic heterocycles. The molecule has 1 rings (SSSR count). The normalized spacial score (nSPS) is 10.4. The third-order valence-electron chi connectivity index (χ3n) is 1.53. The predicted molar refractivity (Wildman–Crippen MR) is 50.0 cm³/mol. The maximum absolute atomic E-state index is 12.1. The monoisotopic (exact) mass is 205 g/mol. The Morgan fingerprint density at radius 1 is 1.21 bits per heavy atom. The van der Waals surface area contributed by atoms with Crippen LogP contribution >= 0.6 is 0 Å². The molecule has 14 heavy (non-hydrogen) atoms. The highest BCUT2D eigenvalue weighted by Gasteiger charge is 2.30. The lowest BCUT2D eigenvalue weighted by molar-refractivity contribution is -0.137. The summed E-state index contributed by atoms with van der Waals surface area (Å²) in [5.74, 6) is 0. The molecule has 1 nitrogen and oxygen atoms in total. The summed E-state index contributed by atoms with van der Waals surface area (Å²) in [5, 5.41) is 0. The maximum atomic E-state index is 12.1. The number of rotatable bonds is 1. The van der Waals surface area contributed by atoms with E-state index in [-0.39, 0.29) is 0 Å². The summed E-state index contributed by atoms with van der Waals surface area (Å²) >= 11 is 0. The molecule has 0 atom stereocenters. The van der Waals surface area contributed by atoms with E-state index in [2.05, 4.69) is 4.98 Å². The standard InChI is InChI=1S/C8H8F3N.C2H6/c1-2-6-3-7(5-12-4-6)8(9,10)11;1-2/h3-5H,2H2,1H3;1-2H3. The van der Waals surface area contributed by atoms with Crippen molar-refractivity contribution >= 4 is 0 Å². The summed E-state index contributed by atoms with van der Waals surface area (Å²) in [7, 11) is 0. The van der Waals surface area contributed by atoms with E-state index in [9.17, 15) is 13.2 Å². The minimum absolute atomic E-state index is 0.566. The van der Waals surface area contributed by atoms with Crippen molar-refractivity contribution in [2.75, 3.05) is 0 Å². The lowest BCUT2D eigenvalue weighted by Crippen LogP contribution is -2.05. The second-order valence-corrected chi connectivity index (χ2v) is 2.43. The third kappa shape index (κ3) is 3.77. The Kier molecular flexibility index (Phi) is 5.20. The van der Waals surface area contributed by atoms with E-state index in [0.29, 0.717) is 12.0 Å². The molecule has 0 saturated carbocycles. The molecule has 1 heterocycles. The molecule has 0 radical (unpaired) electrons. The van der Waals surface area contributed by atoms with Crippen LogP contribution in [0.25, 0.3) is 0 Å². The van der Waals surface area contributed by atoms with E-state index < -0.39 is 11.7 Å². The second kappa shape index (κ2) is 5.62. The number of halogens is 3. The molecule has 0 aliphatic heterocycles. The van der Waals surface area contributed by atoms with Crippen molar-refractivity contribution in [1.82, 2.24) is 4.98 Å². The molecule has 0 unspecified atom stereocenters. The van der Waals surface area contributed by atoms with E-state index in [4.69, 9.17) is 0 Å². The first kappa shape index (κ1) is 12.9. The lowest BCUT2D eigenvalue weighted by Gasteiger charge is -2.06. The predicted octanol–water partition coefficient (Wildman–Crippen LogP) is 3.69. The van der Waals surface area contributed by atoms with Crippen LogP contribution in [0, 0.1) is 0 Å². The topological polar surface area (TPSA) is 12.9 Å². The zero-order chi connectivity index (χ0) is 11.2.